The molecule has 6 rings (SSSR count). The average Bonchev–Trinajstić information content (AvgIpc) is 3.32. The highest BCUT2D eigenvalue weighted by Gasteiger charge is 2.85. The topological polar surface area (TPSA) is 96.3 Å². The molecule has 7 heteroatoms. The minimum absolute atomic E-state index is 0.105. The van der Waals surface area contributed by atoms with Gasteiger partial charge in [0, 0.05) is 42.8 Å². The number of piperidine rings is 1. The first-order chi connectivity index (χ1) is 15.2. The molecule has 2 saturated heterocycles. The Bertz CT molecular complexity index is 848. The van der Waals surface area contributed by atoms with Gasteiger partial charge in [0.05, 0.1) is 24.7 Å². The van der Waals surface area contributed by atoms with E-state index in [1.807, 2.05) is 0 Å². The number of nitrogens with zero attached hydrogens (tertiary/aromatic N) is 1. The number of rotatable bonds is 3. The van der Waals surface area contributed by atoms with Gasteiger partial charge in [-0.25, -0.2) is 0 Å². The Morgan fingerprint density at radius 3 is 2.56 bits per heavy atom. The molecule has 4 bridgehead atoms. The van der Waals surface area contributed by atoms with E-state index in [1.165, 1.54) is 14.0 Å². The van der Waals surface area contributed by atoms with Crippen LogP contribution in [0.2, 0.25) is 0 Å². The van der Waals surface area contributed by atoms with Crippen molar-refractivity contribution >= 4 is 11.9 Å². The van der Waals surface area contributed by atoms with Crippen LogP contribution in [-0.2, 0) is 19.1 Å². The van der Waals surface area contributed by atoms with Gasteiger partial charge in [0.1, 0.15) is 6.61 Å². The van der Waals surface area contributed by atoms with Crippen molar-refractivity contribution < 1.29 is 29.3 Å². The minimum atomic E-state index is -1.05. The third-order valence-electron chi connectivity index (χ3n) is 11.3. The van der Waals surface area contributed by atoms with E-state index in [1.54, 1.807) is 0 Å². The van der Waals surface area contributed by atoms with Crippen LogP contribution in [0.3, 0.4) is 0 Å². The fourth-order valence-electron chi connectivity index (χ4n) is 10.5. The number of aliphatic hydroxyl groups excluding tert-OH is 1. The van der Waals surface area contributed by atoms with Crippen molar-refractivity contribution in [3.8, 4) is 0 Å². The lowest BCUT2D eigenvalue weighted by Gasteiger charge is -2.70. The van der Waals surface area contributed by atoms with Crippen molar-refractivity contribution in [2.75, 3.05) is 26.8 Å². The molecule has 0 aromatic carbocycles. The van der Waals surface area contributed by atoms with Crippen LogP contribution in [0.1, 0.15) is 52.4 Å². The molecule has 6 fully saturated rings. The van der Waals surface area contributed by atoms with Gasteiger partial charge in [-0.15, -0.1) is 0 Å². The fraction of sp³-hybridized carbons (Fsp3) is 0.920. The number of methoxy groups -OCH3 is 1. The summed E-state index contributed by atoms with van der Waals surface area (Å²) in [5.41, 5.74) is -2.45. The SMILES string of the molecule is COC(=O)[C@@H]1C[C@]23[C@@H]4[C@@H]5C[C@H](O)[C@@]2(COC(C)=O)[C@H](CC[C@H]2CC[C@H]1[C@@]23O)CN4C[C@H]5C. The molecule has 0 radical (unpaired) electrons. The molecule has 0 unspecified atom stereocenters. The molecule has 4 saturated carbocycles. The third kappa shape index (κ3) is 2.15. The summed E-state index contributed by atoms with van der Waals surface area (Å²) >= 11 is 0. The van der Waals surface area contributed by atoms with Crippen LogP contribution < -0.4 is 0 Å². The molecular formula is C25H37NO6. The molecule has 0 aromatic heterocycles. The van der Waals surface area contributed by atoms with E-state index in [0.717, 1.165) is 38.8 Å². The summed E-state index contributed by atoms with van der Waals surface area (Å²) in [5.74, 6) is -0.161. The number of ether oxygens (including phenoxy) is 2. The number of esters is 2. The molecule has 7 nitrogen and oxygen atoms in total. The summed E-state index contributed by atoms with van der Waals surface area (Å²) < 4.78 is 11.0. The van der Waals surface area contributed by atoms with Gasteiger partial charge in [-0.05, 0) is 62.2 Å². The number of carbonyl (C=O) groups is 2. The van der Waals surface area contributed by atoms with Crippen molar-refractivity contribution in [1.82, 2.24) is 4.90 Å². The molecular weight excluding hydrogens is 410 g/mol. The predicted molar refractivity (Wildman–Crippen MR) is 114 cm³/mol. The third-order valence-corrected chi connectivity index (χ3v) is 11.3. The normalized spacial score (nSPS) is 55.3. The minimum Gasteiger partial charge on any atom is -0.469 e. The zero-order chi connectivity index (χ0) is 22.6. The van der Waals surface area contributed by atoms with E-state index in [2.05, 4.69) is 11.8 Å². The first kappa shape index (κ1) is 21.4. The first-order valence-corrected chi connectivity index (χ1v) is 12.6. The van der Waals surface area contributed by atoms with Crippen LogP contribution in [0, 0.1) is 46.3 Å². The molecule has 178 valence electrons. The summed E-state index contributed by atoms with van der Waals surface area (Å²) in [6.45, 7) is 5.67. The number of hydrogen-bond acceptors (Lipinski definition) is 7. The average molecular weight is 448 g/mol. The maximum absolute atomic E-state index is 13.1. The lowest BCUT2D eigenvalue weighted by molar-refractivity contribution is -0.296. The van der Waals surface area contributed by atoms with Gasteiger partial charge in [0.25, 0.3) is 0 Å². The monoisotopic (exact) mass is 447 g/mol. The lowest BCUT2D eigenvalue weighted by Crippen LogP contribution is -2.78. The molecule has 1 spiro atoms. The second kappa shape index (κ2) is 6.70. The van der Waals surface area contributed by atoms with E-state index in [0.29, 0.717) is 18.8 Å². The number of aliphatic hydroxyl groups is 2. The molecule has 0 aromatic rings. The van der Waals surface area contributed by atoms with E-state index in [4.69, 9.17) is 9.47 Å². The number of carbonyl (C=O) groups excluding carboxylic acids is 2. The van der Waals surface area contributed by atoms with Crippen LogP contribution >= 0.6 is 0 Å². The van der Waals surface area contributed by atoms with Gasteiger partial charge in [0.15, 0.2) is 0 Å². The van der Waals surface area contributed by atoms with Crippen molar-refractivity contribution in [3.05, 3.63) is 0 Å². The Morgan fingerprint density at radius 1 is 1.12 bits per heavy atom. The van der Waals surface area contributed by atoms with Crippen LogP contribution in [0.15, 0.2) is 0 Å². The summed E-state index contributed by atoms with van der Waals surface area (Å²) in [4.78, 5) is 27.7. The summed E-state index contributed by atoms with van der Waals surface area (Å²) in [7, 11) is 1.44. The molecule has 4 aliphatic carbocycles. The lowest BCUT2D eigenvalue weighted by atomic mass is 9.40. The highest BCUT2D eigenvalue weighted by molar-refractivity contribution is 5.74. The molecule has 6 aliphatic rings. The summed E-state index contributed by atoms with van der Waals surface area (Å²) in [5, 5.41) is 24.9. The molecule has 2 aliphatic heterocycles. The standard InChI is InChI=1S/C25H37NO6/c1-13-10-26-11-16-5-4-15-6-7-19-18(22(29)31-3)9-24(25(15,19)30)21(26)17(13)8-20(28)23(16,24)12-32-14(2)27/h13,15-21,28,30H,4-12H2,1-3H3/t13-,15+,16-,17-,18-,19-,20+,21+,23-,24+,25+/m1/s1. The quantitative estimate of drug-likeness (QED) is 0.635. The second-order valence-corrected chi connectivity index (χ2v) is 11.9. The van der Waals surface area contributed by atoms with Crippen LogP contribution in [-0.4, -0.2) is 71.6 Å². The van der Waals surface area contributed by atoms with Crippen LogP contribution in [0.5, 0.6) is 0 Å². The van der Waals surface area contributed by atoms with E-state index in [-0.39, 0.29) is 54.2 Å². The maximum Gasteiger partial charge on any atom is 0.309 e. The summed E-state index contributed by atoms with van der Waals surface area (Å²) in [6.07, 6.45) is 4.10. The van der Waals surface area contributed by atoms with E-state index in [9.17, 15) is 19.8 Å². The maximum atomic E-state index is 13.1. The first-order valence-electron chi connectivity index (χ1n) is 12.6. The van der Waals surface area contributed by atoms with E-state index >= 15 is 0 Å². The highest BCUT2D eigenvalue weighted by atomic mass is 16.5. The Hall–Kier alpha value is -1.18. The van der Waals surface area contributed by atoms with Gasteiger partial charge in [-0.3, -0.25) is 14.5 Å². The Kier molecular flexibility index (Phi) is 4.47. The van der Waals surface area contributed by atoms with Crippen molar-refractivity contribution in [2.24, 2.45) is 46.3 Å². The fourth-order valence-corrected chi connectivity index (χ4v) is 10.5. The zero-order valence-electron chi connectivity index (χ0n) is 19.5. The smallest absolute Gasteiger partial charge is 0.309 e. The molecule has 32 heavy (non-hydrogen) atoms. The van der Waals surface area contributed by atoms with E-state index < -0.39 is 22.5 Å². The highest BCUT2D eigenvalue weighted by Crippen LogP contribution is 2.79. The molecule has 0 amide bonds. The Labute approximate surface area is 189 Å². The van der Waals surface area contributed by atoms with Gasteiger partial charge in [-0.2, -0.15) is 0 Å². The van der Waals surface area contributed by atoms with Crippen LogP contribution in [0.25, 0.3) is 0 Å². The molecule has 11 atom stereocenters. The largest absolute Gasteiger partial charge is 0.469 e. The molecule has 2 N–H and O–H groups in total. The zero-order valence-corrected chi connectivity index (χ0v) is 19.5. The van der Waals surface area contributed by atoms with Gasteiger partial charge < -0.3 is 19.7 Å². The van der Waals surface area contributed by atoms with Gasteiger partial charge in [0.2, 0.25) is 0 Å². The predicted octanol–water partition coefficient (Wildman–Crippen LogP) is 1.60. The molecule has 2 heterocycles. The summed E-state index contributed by atoms with van der Waals surface area (Å²) in [6, 6.07) is 0.105. The van der Waals surface area contributed by atoms with Crippen molar-refractivity contribution in [1.29, 1.82) is 0 Å². The van der Waals surface area contributed by atoms with Gasteiger partial charge >= 0.3 is 11.9 Å². The van der Waals surface area contributed by atoms with Crippen molar-refractivity contribution in [3.63, 3.8) is 0 Å². The van der Waals surface area contributed by atoms with Gasteiger partial charge in [-0.1, -0.05) is 6.92 Å². The Balaban J connectivity index is 1.63. The Morgan fingerprint density at radius 2 is 1.84 bits per heavy atom. The second-order valence-electron chi connectivity index (χ2n) is 11.9. The number of hydrogen-bond donors (Lipinski definition) is 2. The van der Waals surface area contributed by atoms with Crippen molar-refractivity contribution in [2.45, 2.75) is 70.1 Å². The van der Waals surface area contributed by atoms with Crippen LogP contribution in [0.4, 0.5) is 0 Å².